The molecule has 1 aliphatic rings. The van der Waals surface area contributed by atoms with Crippen LogP contribution in [0.3, 0.4) is 0 Å². The monoisotopic (exact) mass is 272 g/mol. The molecular weight excluding hydrogens is 264 g/mol. The summed E-state index contributed by atoms with van der Waals surface area (Å²) in [6.45, 7) is 1.85. The maximum atomic E-state index is 11.8. The second-order valence-electron chi connectivity index (χ2n) is 3.38. The minimum Gasteiger partial charge on any atom is -0.294 e. The van der Waals surface area contributed by atoms with Gasteiger partial charge in [-0.1, -0.05) is 22.9 Å². The summed E-state index contributed by atoms with van der Waals surface area (Å²) < 4.78 is 12.7. The number of halogens is 1. The van der Waals surface area contributed by atoms with Crippen molar-refractivity contribution in [2.75, 3.05) is 0 Å². The number of fused-ring (bicyclic) bond motifs is 1. The predicted octanol–water partition coefficient (Wildman–Crippen LogP) is 2.53. The quantitative estimate of drug-likeness (QED) is 0.728. The fourth-order valence-corrected chi connectivity index (χ4v) is 3.25. The van der Waals surface area contributed by atoms with Crippen molar-refractivity contribution in [2.24, 2.45) is 0 Å². The van der Waals surface area contributed by atoms with E-state index >= 15 is 0 Å². The molecule has 2 unspecified atom stereocenters. The number of hydrogen-bond acceptors (Lipinski definition) is 2. The van der Waals surface area contributed by atoms with Gasteiger partial charge in [-0.25, -0.2) is 0 Å². The molecule has 1 aromatic rings. The van der Waals surface area contributed by atoms with Gasteiger partial charge in [0.25, 0.3) is 0 Å². The minimum absolute atomic E-state index is 0.0591. The van der Waals surface area contributed by atoms with E-state index in [9.17, 15) is 9.00 Å². The van der Waals surface area contributed by atoms with E-state index in [1.165, 1.54) is 0 Å². The van der Waals surface area contributed by atoms with E-state index < -0.39 is 10.8 Å². The minimum atomic E-state index is -1.03. The first-order chi connectivity index (χ1) is 6.59. The second-order valence-corrected chi connectivity index (χ2v) is 6.13. The zero-order chi connectivity index (χ0) is 10.3. The molecule has 0 bridgehead atoms. The molecule has 0 fully saturated rings. The van der Waals surface area contributed by atoms with Crippen LogP contribution in [0.25, 0.3) is 0 Å². The first-order valence-electron chi connectivity index (χ1n) is 4.33. The van der Waals surface area contributed by atoms with Crippen LogP contribution in [0.2, 0.25) is 0 Å². The smallest absolute Gasteiger partial charge is 0.165 e. The van der Waals surface area contributed by atoms with Crippen LogP contribution in [0.4, 0.5) is 0 Å². The van der Waals surface area contributed by atoms with E-state index in [1.807, 2.05) is 13.0 Å². The van der Waals surface area contributed by atoms with Crippen molar-refractivity contribution < 1.29 is 9.00 Å². The van der Waals surface area contributed by atoms with E-state index in [4.69, 9.17) is 0 Å². The molecule has 4 heteroatoms. The van der Waals surface area contributed by atoms with Crippen LogP contribution in [-0.4, -0.2) is 15.2 Å². The zero-order valence-corrected chi connectivity index (χ0v) is 10.0. The van der Waals surface area contributed by atoms with E-state index in [0.717, 1.165) is 4.47 Å². The van der Waals surface area contributed by atoms with Gasteiger partial charge in [0.1, 0.15) is 0 Å². The summed E-state index contributed by atoms with van der Waals surface area (Å²) in [6.07, 6.45) is 0.385. The van der Waals surface area contributed by atoms with Crippen LogP contribution < -0.4 is 0 Å². The first kappa shape index (κ1) is 10.1. The van der Waals surface area contributed by atoms with Gasteiger partial charge in [-0.15, -0.1) is 0 Å². The Bertz CT molecular complexity index is 428. The Morgan fingerprint density at radius 1 is 1.50 bits per heavy atom. The maximum Gasteiger partial charge on any atom is 0.165 e. The van der Waals surface area contributed by atoms with Gasteiger partial charge >= 0.3 is 0 Å². The highest BCUT2D eigenvalue weighted by atomic mass is 79.9. The molecular formula is C10H9BrO2S. The highest BCUT2D eigenvalue weighted by Crippen LogP contribution is 2.28. The summed E-state index contributed by atoms with van der Waals surface area (Å²) in [6, 6.07) is 5.34. The third-order valence-corrected chi connectivity index (χ3v) is 4.48. The average Bonchev–Trinajstić information content (AvgIpc) is 2.14. The first-order valence-corrected chi connectivity index (χ1v) is 6.33. The van der Waals surface area contributed by atoms with Crippen LogP contribution in [0.15, 0.2) is 27.6 Å². The number of benzene rings is 1. The normalized spacial score (nSPS) is 26.0. The van der Waals surface area contributed by atoms with Crippen LogP contribution >= 0.6 is 15.9 Å². The molecule has 1 aliphatic heterocycles. The molecule has 0 saturated carbocycles. The Hall–Kier alpha value is -0.480. The molecule has 0 amide bonds. The molecule has 14 heavy (non-hydrogen) atoms. The number of carbonyl (C=O) groups is 1. The van der Waals surface area contributed by atoms with Gasteiger partial charge in [-0.2, -0.15) is 0 Å². The molecule has 74 valence electrons. The topological polar surface area (TPSA) is 34.1 Å². The Balaban J connectivity index is 2.61. The lowest BCUT2D eigenvalue weighted by Crippen LogP contribution is -2.24. The Morgan fingerprint density at radius 2 is 2.21 bits per heavy atom. The van der Waals surface area contributed by atoms with Crippen molar-refractivity contribution in [3.05, 3.63) is 28.2 Å². The van der Waals surface area contributed by atoms with Crippen LogP contribution in [0.1, 0.15) is 23.7 Å². The fraction of sp³-hybridized carbons (Fsp3) is 0.300. The highest BCUT2D eigenvalue weighted by molar-refractivity contribution is 9.10. The Morgan fingerprint density at radius 3 is 2.93 bits per heavy atom. The van der Waals surface area contributed by atoms with Crippen LogP contribution in [0.5, 0.6) is 0 Å². The Kier molecular flexibility index (Phi) is 2.58. The summed E-state index contributed by atoms with van der Waals surface area (Å²) in [4.78, 5) is 12.3. The second kappa shape index (κ2) is 3.59. The van der Waals surface area contributed by atoms with E-state index in [1.54, 1.807) is 12.1 Å². The summed E-state index contributed by atoms with van der Waals surface area (Å²) in [7, 11) is -1.03. The summed E-state index contributed by atoms with van der Waals surface area (Å²) >= 11 is 3.30. The van der Waals surface area contributed by atoms with Crippen molar-refractivity contribution in [3.8, 4) is 0 Å². The number of Topliss-reactive ketones (excluding diaryl/α,β-unsaturated/α-hetero) is 1. The van der Waals surface area contributed by atoms with E-state index in [0.29, 0.717) is 16.9 Å². The standard InChI is InChI=1S/C10H9BrO2S/c1-6-4-9(12)8-5-7(11)2-3-10(8)14(6)13/h2-3,5-6H,4H2,1H3. The SMILES string of the molecule is CC1CC(=O)c2cc(Br)ccc2S1=O. The van der Waals surface area contributed by atoms with Crippen LogP contribution in [-0.2, 0) is 10.8 Å². The number of hydrogen-bond donors (Lipinski definition) is 0. The number of rotatable bonds is 0. The summed E-state index contributed by atoms with van der Waals surface area (Å²) in [5.74, 6) is 0.0911. The largest absolute Gasteiger partial charge is 0.294 e. The summed E-state index contributed by atoms with van der Waals surface area (Å²) in [5.41, 5.74) is 0.607. The molecule has 0 radical (unpaired) electrons. The van der Waals surface area contributed by atoms with E-state index in [-0.39, 0.29) is 11.0 Å². The maximum absolute atomic E-state index is 11.8. The molecule has 0 spiro atoms. The number of carbonyl (C=O) groups excluding carboxylic acids is 1. The fourth-order valence-electron chi connectivity index (χ4n) is 1.56. The lowest BCUT2D eigenvalue weighted by molar-refractivity contribution is 0.0977. The molecule has 2 nitrogen and oxygen atoms in total. The molecule has 0 saturated heterocycles. The molecule has 0 N–H and O–H groups in total. The third-order valence-electron chi connectivity index (χ3n) is 2.30. The predicted molar refractivity (Wildman–Crippen MR) is 59.0 cm³/mol. The van der Waals surface area contributed by atoms with E-state index in [2.05, 4.69) is 15.9 Å². The van der Waals surface area contributed by atoms with Gasteiger partial charge in [0, 0.05) is 26.6 Å². The molecule has 2 rings (SSSR count). The summed E-state index contributed by atoms with van der Waals surface area (Å²) in [5, 5.41) is -0.0591. The molecule has 0 aromatic heterocycles. The molecule has 1 aromatic carbocycles. The van der Waals surface area contributed by atoms with Gasteiger partial charge in [0.2, 0.25) is 0 Å². The Labute approximate surface area is 93.3 Å². The molecule has 2 atom stereocenters. The van der Waals surface area contributed by atoms with Crippen molar-refractivity contribution in [2.45, 2.75) is 23.5 Å². The van der Waals surface area contributed by atoms with Gasteiger partial charge in [0.05, 0.1) is 10.8 Å². The van der Waals surface area contributed by atoms with Crippen molar-refractivity contribution >= 4 is 32.5 Å². The van der Waals surface area contributed by atoms with Crippen LogP contribution in [0, 0.1) is 0 Å². The average molecular weight is 273 g/mol. The number of ketones is 1. The third kappa shape index (κ3) is 1.57. The van der Waals surface area contributed by atoms with Gasteiger partial charge in [-0.3, -0.25) is 9.00 Å². The highest BCUT2D eigenvalue weighted by Gasteiger charge is 2.28. The van der Waals surface area contributed by atoms with Crippen molar-refractivity contribution in [3.63, 3.8) is 0 Å². The molecule has 0 aliphatic carbocycles. The lowest BCUT2D eigenvalue weighted by atomic mass is 10.1. The molecule has 1 heterocycles. The van der Waals surface area contributed by atoms with Crippen molar-refractivity contribution in [1.29, 1.82) is 0 Å². The van der Waals surface area contributed by atoms with Gasteiger partial charge < -0.3 is 0 Å². The van der Waals surface area contributed by atoms with Gasteiger partial charge in [-0.05, 0) is 18.2 Å². The zero-order valence-electron chi connectivity index (χ0n) is 7.62. The van der Waals surface area contributed by atoms with Crippen molar-refractivity contribution in [1.82, 2.24) is 0 Å². The van der Waals surface area contributed by atoms with Gasteiger partial charge in [0.15, 0.2) is 5.78 Å². The lowest BCUT2D eigenvalue weighted by Gasteiger charge is -2.19.